The van der Waals surface area contributed by atoms with Gasteiger partial charge in [0.2, 0.25) is 0 Å². The van der Waals surface area contributed by atoms with E-state index in [4.69, 9.17) is 5.73 Å². The van der Waals surface area contributed by atoms with Gasteiger partial charge in [-0.25, -0.2) is 0 Å². The molecule has 0 heterocycles. The van der Waals surface area contributed by atoms with Crippen molar-refractivity contribution >= 4 is 11.3 Å². The molecule has 23 heavy (non-hydrogen) atoms. The van der Waals surface area contributed by atoms with Gasteiger partial charge in [-0.1, -0.05) is 72.4 Å². The predicted molar refractivity (Wildman–Crippen MR) is 108 cm³/mol. The highest BCUT2D eigenvalue weighted by Gasteiger charge is 2.11. The molecule has 0 spiro atoms. The summed E-state index contributed by atoms with van der Waals surface area (Å²) in [6.45, 7) is 15.2. The molecule has 0 saturated heterocycles. The highest BCUT2D eigenvalue weighted by Crippen LogP contribution is 2.28. The van der Waals surface area contributed by atoms with Crippen LogP contribution in [0.4, 0.5) is 5.69 Å². The Morgan fingerprint density at radius 2 is 1.83 bits per heavy atom. The van der Waals surface area contributed by atoms with E-state index in [0.29, 0.717) is 0 Å². The van der Waals surface area contributed by atoms with Gasteiger partial charge in [0.1, 0.15) is 0 Å². The monoisotopic (exact) mass is 317 g/mol. The van der Waals surface area contributed by atoms with Crippen molar-refractivity contribution in [3.8, 4) is 0 Å². The second-order valence-electron chi connectivity index (χ2n) is 6.47. The molecule has 0 aromatic heterocycles. The van der Waals surface area contributed by atoms with E-state index in [1.165, 1.54) is 47.9 Å². The van der Waals surface area contributed by atoms with Crippen LogP contribution in [0, 0.1) is 12.8 Å². The molecule has 1 unspecified atom stereocenters. The number of benzene rings is 1. The molecule has 1 rings (SSSR count). The first-order chi connectivity index (χ1) is 11.0. The molecule has 1 atom stereocenters. The summed E-state index contributed by atoms with van der Waals surface area (Å²) >= 11 is 0. The summed E-state index contributed by atoms with van der Waals surface area (Å²) < 4.78 is 0. The minimum absolute atomic E-state index is 0.743. The van der Waals surface area contributed by atoms with Crippen LogP contribution in [0.3, 0.4) is 0 Å². The maximum absolute atomic E-state index is 6.13. The summed E-state index contributed by atoms with van der Waals surface area (Å²) in [4.78, 5) is 0. The summed E-state index contributed by atoms with van der Waals surface area (Å²) in [5.74, 6) is 0.743. The lowest BCUT2D eigenvalue weighted by molar-refractivity contribution is 0.493. The lowest BCUT2D eigenvalue weighted by Gasteiger charge is -2.17. The Labute approximate surface area is 145 Å². The fourth-order valence-electron chi connectivity index (χ4n) is 2.96. The number of allylic oxidation sites excluding steroid dienone is 2. The zero-order chi connectivity index (χ0) is 17.8. The number of nitrogen functional groups attached to an aromatic ring is 1. The van der Waals surface area contributed by atoms with Gasteiger partial charge in [-0.05, 0) is 60.9 Å². The molecular formula is C22H39N. The lowest BCUT2D eigenvalue weighted by atomic mass is 9.89. The Bertz CT molecular complexity index is 471. The van der Waals surface area contributed by atoms with Gasteiger partial charge >= 0.3 is 0 Å². The van der Waals surface area contributed by atoms with E-state index in [0.717, 1.165) is 24.4 Å². The zero-order valence-electron chi connectivity index (χ0n) is 16.6. The van der Waals surface area contributed by atoms with Gasteiger partial charge in [0.15, 0.2) is 0 Å². The van der Waals surface area contributed by atoms with Crippen LogP contribution in [0.1, 0.15) is 90.3 Å². The van der Waals surface area contributed by atoms with Crippen molar-refractivity contribution in [3.05, 3.63) is 34.9 Å². The van der Waals surface area contributed by atoms with Gasteiger partial charge in [-0.15, -0.1) is 0 Å². The van der Waals surface area contributed by atoms with Crippen LogP contribution in [0.2, 0.25) is 0 Å². The largest absolute Gasteiger partial charge is 0.398 e. The van der Waals surface area contributed by atoms with Gasteiger partial charge in [0.05, 0.1) is 0 Å². The highest BCUT2D eigenvalue weighted by atomic mass is 14.6. The molecule has 0 fully saturated rings. The summed E-state index contributed by atoms with van der Waals surface area (Å²) in [6, 6.07) is 4.47. The molecule has 0 bridgehead atoms. The third-order valence-corrected chi connectivity index (χ3v) is 4.30. The van der Waals surface area contributed by atoms with Crippen molar-refractivity contribution in [2.45, 2.75) is 87.0 Å². The van der Waals surface area contributed by atoms with Crippen LogP contribution in [0.5, 0.6) is 0 Å². The maximum atomic E-state index is 6.13. The SMILES string of the molecule is CC.CCC=C(C)c1cc(N)c(C)cc1CC(C)CCCCC. The lowest BCUT2D eigenvalue weighted by Crippen LogP contribution is -2.04. The van der Waals surface area contributed by atoms with Crippen molar-refractivity contribution < 1.29 is 0 Å². The summed E-state index contributed by atoms with van der Waals surface area (Å²) in [5.41, 5.74) is 12.4. The van der Waals surface area contributed by atoms with Gasteiger partial charge < -0.3 is 5.73 Å². The molecule has 0 aliphatic carbocycles. The smallest absolute Gasteiger partial charge is 0.0350 e. The fourth-order valence-corrected chi connectivity index (χ4v) is 2.96. The molecule has 0 saturated carbocycles. The quantitative estimate of drug-likeness (QED) is 0.399. The highest BCUT2D eigenvalue weighted by molar-refractivity contribution is 5.71. The molecule has 0 aliphatic rings. The number of anilines is 1. The van der Waals surface area contributed by atoms with Crippen molar-refractivity contribution in [1.29, 1.82) is 0 Å². The molecule has 0 radical (unpaired) electrons. The van der Waals surface area contributed by atoms with E-state index < -0.39 is 0 Å². The standard InChI is InChI=1S/C20H33N.C2H6/c1-6-8-9-11-15(3)12-18-13-17(5)20(21)14-19(18)16(4)10-7-2;1-2/h10,13-15H,6-9,11-12,21H2,1-5H3;1-2H3. The first-order valence-electron chi connectivity index (χ1n) is 9.55. The Morgan fingerprint density at radius 1 is 1.17 bits per heavy atom. The van der Waals surface area contributed by atoms with Crippen LogP contribution >= 0.6 is 0 Å². The first kappa shape index (κ1) is 21.8. The van der Waals surface area contributed by atoms with E-state index >= 15 is 0 Å². The van der Waals surface area contributed by atoms with Gasteiger partial charge in [0.25, 0.3) is 0 Å². The van der Waals surface area contributed by atoms with Crippen molar-refractivity contribution in [2.75, 3.05) is 5.73 Å². The number of rotatable bonds is 8. The maximum Gasteiger partial charge on any atom is 0.0350 e. The summed E-state index contributed by atoms with van der Waals surface area (Å²) in [6.07, 6.45) is 9.87. The fraction of sp³-hybridized carbons (Fsp3) is 0.636. The second-order valence-corrected chi connectivity index (χ2v) is 6.47. The van der Waals surface area contributed by atoms with E-state index in [-0.39, 0.29) is 0 Å². The average molecular weight is 318 g/mol. The normalized spacial score (nSPS) is 12.6. The third-order valence-electron chi connectivity index (χ3n) is 4.30. The molecule has 1 heteroatoms. The second kappa shape index (κ2) is 12.2. The number of aryl methyl sites for hydroxylation is 1. The summed E-state index contributed by atoms with van der Waals surface area (Å²) in [5, 5.41) is 0. The molecule has 0 amide bonds. The van der Waals surface area contributed by atoms with Gasteiger partial charge in [-0.2, -0.15) is 0 Å². The molecule has 1 aromatic carbocycles. The number of hydrogen-bond acceptors (Lipinski definition) is 1. The van der Waals surface area contributed by atoms with Gasteiger partial charge in [0, 0.05) is 5.69 Å². The van der Waals surface area contributed by atoms with E-state index in [2.05, 4.69) is 52.8 Å². The molecule has 1 aromatic rings. The van der Waals surface area contributed by atoms with Crippen LogP contribution in [-0.4, -0.2) is 0 Å². The molecule has 2 N–H and O–H groups in total. The topological polar surface area (TPSA) is 26.0 Å². The van der Waals surface area contributed by atoms with Crippen molar-refractivity contribution in [3.63, 3.8) is 0 Å². The number of nitrogens with two attached hydrogens (primary N) is 1. The minimum atomic E-state index is 0.743. The van der Waals surface area contributed by atoms with E-state index in [1.807, 2.05) is 13.8 Å². The van der Waals surface area contributed by atoms with Gasteiger partial charge in [-0.3, -0.25) is 0 Å². The minimum Gasteiger partial charge on any atom is -0.398 e. The number of hydrogen-bond donors (Lipinski definition) is 1. The van der Waals surface area contributed by atoms with Crippen LogP contribution in [0.25, 0.3) is 5.57 Å². The first-order valence-corrected chi connectivity index (χ1v) is 9.55. The zero-order valence-corrected chi connectivity index (χ0v) is 16.6. The Morgan fingerprint density at radius 3 is 2.39 bits per heavy atom. The predicted octanol–water partition coefficient (Wildman–Crippen LogP) is 7.18. The van der Waals surface area contributed by atoms with Crippen LogP contribution in [0.15, 0.2) is 18.2 Å². The summed E-state index contributed by atoms with van der Waals surface area (Å²) in [7, 11) is 0. The average Bonchev–Trinajstić information content (AvgIpc) is 2.53. The number of unbranched alkanes of at least 4 members (excludes halogenated alkanes) is 2. The molecule has 0 aliphatic heterocycles. The molecule has 132 valence electrons. The van der Waals surface area contributed by atoms with Crippen molar-refractivity contribution in [1.82, 2.24) is 0 Å². The van der Waals surface area contributed by atoms with E-state index in [1.54, 1.807) is 0 Å². The third kappa shape index (κ3) is 7.72. The van der Waals surface area contributed by atoms with E-state index in [9.17, 15) is 0 Å². The molecular weight excluding hydrogens is 278 g/mol. The van der Waals surface area contributed by atoms with Crippen LogP contribution in [-0.2, 0) is 6.42 Å². The Balaban J connectivity index is 0.00000232. The Hall–Kier alpha value is -1.24. The Kier molecular flexibility index (Phi) is 11.6. The molecule has 1 nitrogen and oxygen atoms in total. The van der Waals surface area contributed by atoms with Crippen LogP contribution < -0.4 is 5.73 Å². The van der Waals surface area contributed by atoms with Crippen molar-refractivity contribution in [2.24, 2.45) is 5.92 Å².